The Balaban J connectivity index is 1.56. The van der Waals surface area contributed by atoms with E-state index in [1.165, 1.54) is 12.1 Å². The summed E-state index contributed by atoms with van der Waals surface area (Å²) in [6.45, 7) is 4.65. The fourth-order valence-corrected chi connectivity index (χ4v) is 4.24. The van der Waals surface area contributed by atoms with E-state index in [4.69, 9.17) is 15.2 Å². The number of hydrogen-bond donors (Lipinski definition) is 1. The molecule has 2 N–H and O–H groups in total. The van der Waals surface area contributed by atoms with Crippen molar-refractivity contribution >= 4 is 17.5 Å². The Labute approximate surface area is 214 Å². The molecule has 0 spiro atoms. The van der Waals surface area contributed by atoms with Crippen molar-refractivity contribution in [3.63, 3.8) is 0 Å². The highest BCUT2D eigenvalue weighted by atomic mass is 19.1. The highest BCUT2D eigenvalue weighted by Gasteiger charge is 2.20. The average molecular weight is 499 g/mol. The first-order chi connectivity index (χ1) is 18.0. The van der Waals surface area contributed by atoms with Crippen molar-refractivity contribution in [1.29, 1.82) is 0 Å². The number of rotatable bonds is 7. The molecule has 4 aromatic rings. The molecule has 1 aliphatic rings. The van der Waals surface area contributed by atoms with Gasteiger partial charge >= 0.3 is 0 Å². The van der Waals surface area contributed by atoms with Crippen LogP contribution in [0.2, 0.25) is 0 Å². The summed E-state index contributed by atoms with van der Waals surface area (Å²) in [5, 5.41) is 0. The lowest BCUT2D eigenvalue weighted by Crippen LogP contribution is -2.36. The topological polar surface area (TPSA) is 90.6 Å². The fourth-order valence-electron chi connectivity index (χ4n) is 4.24. The van der Waals surface area contributed by atoms with Crippen LogP contribution in [0.1, 0.15) is 27.0 Å². The highest BCUT2D eigenvalue weighted by Crippen LogP contribution is 2.34. The van der Waals surface area contributed by atoms with Gasteiger partial charge in [0.15, 0.2) is 5.78 Å². The van der Waals surface area contributed by atoms with Crippen LogP contribution in [0.25, 0.3) is 11.3 Å². The van der Waals surface area contributed by atoms with E-state index in [1.807, 2.05) is 36.4 Å². The van der Waals surface area contributed by atoms with Crippen LogP contribution in [0.3, 0.4) is 0 Å². The average Bonchev–Trinajstić information content (AvgIpc) is 2.92. The zero-order valence-electron chi connectivity index (χ0n) is 20.5. The molecule has 0 unspecified atom stereocenters. The number of anilines is 2. The fraction of sp³-hybridized carbons (Fsp3) is 0.207. The normalized spacial score (nSPS) is 13.4. The van der Waals surface area contributed by atoms with Gasteiger partial charge in [0, 0.05) is 30.3 Å². The van der Waals surface area contributed by atoms with Crippen molar-refractivity contribution < 1.29 is 18.7 Å². The number of carbonyl (C=O) groups is 1. The number of nitrogen functional groups attached to an aromatic ring is 1. The second-order valence-corrected chi connectivity index (χ2v) is 8.87. The van der Waals surface area contributed by atoms with E-state index < -0.39 is 11.6 Å². The number of aromatic nitrogens is 2. The SMILES string of the molecule is Cc1ccc(C(=O)c2ccc(OCc3ccccc3)c(-c3cc(N4CCOCC4)nc(N)n3)c2)c(F)c1. The molecule has 1 aromatic heterocycles. The molecule has 0 saturated carbocycles. The molecule has 0 amide bonds. The standard InChI is InChI=1S/C29H27FN4O3/c1-19-7-9-22(24(30)15-19)28(35)21-8-10-26(37-18-20-5-3-2-4-6-20)23(16-21)25-17-27(33-29(31)32-25)34-11-13-36-14-12-34/h2-10,15-17H,11-14,18H2,1H3,(H2,31,32,33). The third-order valence-corrected chi connectivity index (χ3v) is 6.19. The van der Waals surface area contributed by atoms with E-state index >= 15 is 0 Å². The molecule has 0 radical (unpaired) electrons. The van der Waals surface area contributed by atoms with Gasteiger partial charge in [-0.15, -0.1) is 0 Å². The third-order valence-electron chi connectivity index (χ3n) is 6.19. The molecular formula is C29H27FN4O3. The van der Waals surface area contributed by atoms with E-state index in [1.54, 1.807) is 31.2 Å². The minimum absolute atomic E-state index is 0.00529. The van der Waals surface area contributed by atoms with Crippen molar-refractivity contribution in [3.05, 3.63) is 101 Å². The lowest BCUT2D eigenvalue weighted by atomic mass is 9.98. The Morgan fingerprint density at radius 3 is 2.57 bits per heavy atom. The summed E-state index contributed by atoms with van der Waals surface area (Å²) in [4.78, 5) is 24.2. The molecule has 1 saturated heterocycles. The predicted octanol–water partition coefficient (Wildman–Crippen LogP) is 4.82. The summed E-state index contributed by atoms with van der Waals surface area (Å²) in [6, 6.07) is 21.2. The van der Waals surface area contributed by atoms with Gasteiger partial charge in [-0.3, -0.25) is 4.79 Å². The van der Waals surface area contributed by atoms with Gasteiger partial charge < -0.3 is 20.1 Å². The summed E-state index contributed by atoms with van der Waals surface area (Å²) in [5.41, 5.74) is 9.24. The number of benzene rings is 3. The number of ether oxygens (including phenoxy) is 2. The lowest BCUT2D eigenvalue weighted by molar-refractivity contribution is 0.103. The van der Waals surface area contributed by atoms with E-state index in [0.717, 1.165) is 11.1 Å². The molecule has 1 aliphatic heterocycles. The van der Waals surface area contributed by atoms with Crippen LogP contribution < -0.4 is 15.4 Å². The maximum Gasteiger partial charge on any atom is 0.222 e. The Morgan fingerprint density at radius 2 is 1.81 bits per heavy atom. The Hall–Kier alpha value is -4.30. The molecule has 37 heavy (non-hydrogen) atoms. The van der Waals surface area contributed by atoms with E-state index in [-0.39, 0.29) is 11.5 Å². The molecule has 0 aliphatic carbocycles. The number of carbonyl (C=O) groups excluding carboxylic acids is 1. The van der Waals surface area contributed by atoms with Crippen molar-refractivity contribution in [2.45, 2.75) is 13.5 Å². The smallest absolute Gasteiger partial charge is 0.222 e. The van der Waals surface area contributed by atoms with Crippen molar-refractivity contribution in [1.82, 2.24) is 9.97 Å². The summed E-state index contributed by atoms with van der Waals surface area (Å²) < 4.78 is 26.2. The van der Waals surface area contributed by atoms with Crippen LogP contribution >= 0.6 is 0 Å². The number of nitrogens with zero attached hydrogens (tertiary/aromatic N) is 3. The van der Waals surface area contributed by atoms with Crippen LogP contribution in [0.4, 0.5) is 16.2 Å². The second-order valence-electron chi connectivity index (χ2n) is 8.87. The lowest BCUT2D eigenvalue weighted by Gasteiger charge is -2.28. The Kier molecular flexibility index (Phi) is 7.09. The molecule has 0 bridgehead atoms. The van der Waals surface area contributed by atoms with E-state index in [0.29, 0.717) is 61.3 Å². The van der Waals surface area contributed by atoms with E-state index in [9.17, 15) is 9.18 Å². The van der Waals surface area contributed by atoms with Crippen molar-refractivity contribution in [2.75, 3.05) is 36.9 Å². The van der Waals surface area contributed by atoms with Crippen LogP contribution in [0.15, 0.2) is 72.8 Å². The van der Waals surface area contributed by atoms with Gasteiger partial charge in [0.1, 0.15) is 24.0 Å². The van der Waals surface area contributed by atoms with Gasteiger partial charge in [-0.25, -0.2) is 9.37 Å². The second kappa shape index (κ2) is 10.8. The van der Waals surface area contributed by atoms with Gasteiger partial charge in [0.2, 0.25) is 5.95 Å². The number of ketones is 1. The van der Waals surface area contributed by atoms with Gasteiger partial charge in [-0.1, -0.05) is 36.4 Å². The van der Waals surface area contributed by atoms with Crippen molar-refractivity contribution in [3.8, 4) is 17.0 Å². The largest absolute Gasteiger partial charge is 0.488 e. The summed E-state index contributed by atoms with van der Waals surface area (Å²) in [7, 11) is 0. The molecule has 2 heterocycles. The number of morpholine rings is 1. The molecule has 7 nitrogen and oxygen atoms in total. The van der Waals surface area contributed by atoms with Gasteiger partial charge in [0.25, 0.3) is 0 Å². The number of aryl methyl sites for hydroxylation is 1. The first-order valence-electron chi connectivity index (χ1n) is 12.1. The molecule has 5 rings (SSSR count). The van der Waals surface area contributed by atoms with E-state index in [2.05, 4.69) is 14.9 Å². The predicted molar refractivity (Wildman–Crippen MR) is 140 cm³/mol. The van der Waals surface area contributed by atoms with Crippen LogP contribution in [0.5, 0.6) is 5.75 Å². The van der Waals surface area contributed by atoms with Gasteiger partial charge in [-0.05, 0) is 48.4 Å². The van der Waals surface area contributed by atoms with Gasteiger partial charge in [0.05, 0.1) is 24.5 Å². The zero-order valence-corrected chi connectivity index (χ0v) is 20.5. The molecule has 8 heteroatoms. The van der Waals surface area contributed by atoms with Crippen LogP contribution in [-0.2, 0) is 11.3 Å². The van der Waals surface area contributed by atoms with Crippen molar-refractivity contribution in [2.24, 2.45) is 0 Å². The highest BCUT2D eigenvalue weighted by molar-refractivity contribution is 6.10. The Bertz CT molecular complexity index is 1420. The summed E-state index contributed by atoms with van der Waals surface area (Å²) in [6.07, 6.45) is 0. The molecule has 1 fully saturated rings. The molecule has 3 aromatic carbocycles. The zero-order chi connectivity index (χ0) is 25.8. The minimum Gasteiger partial charge on any atom is -0.488 e. The first-order valence-corrected chi connectivity index (χ1v) is 12.1. The minimum atomic E-state index is -0.558. The van der Waals surface area contributed by atoms with Crippen LogP contribution in [0, 0.1) is 12.7 Å². The number of nitrogens with two attached hydrogens (primary N) is 1. The Morgan fingerprint density at radius 1 is 1.03 bits per heavy atom. The maximum atomic E-state index is 14.6. The van der Waals surface area contributed by atoms with Crippen LogP contribution in [-0.4, -0.2) is 42.1 Å². The molecule has 188 valence electrons. The number of hydrogen-bond acceptors (Lipinski definition) is 7. The number of halogens is 1. The molecule has 0 atom stereocenters. The quantitative estimate of drug-likeness (QED) is 0.365. The van der Waals surface area contributed by atoms with Gasteiger partial charge in [-0.2, -0.15) is 4.98 Å². The third kappa shape index (κ3) is 5.59. The monoisotopic (exact) mass is 498 g/mol. The summed E-state index contributed by atoms with van der Waals surface area (Å²) >= 11 is 0. The summed E-state index contributed by atoms with van der Waals surface area (Å²) in [5.74, 6) is 0.312. The first kappa shape index (κ1) is 24.4. The maximum absolute atomic E-state index is 14.6. The molecular weight excluding hydrogens is 471 g/mol.